The summed E-state index contributed by atoms with van der Waals surface area (Å²) < 4.78 is 0.866. The van der Waals surface area contributed by atoms with Gasteiger partial charge in [-0.05, 0) is 46.2 Å². The van der Waals surface area contributed by atoms with Gasteiger partial charge in [0.25, 0.3) is 0 Å². The Kier molecular flexibility index (Phi) is 4.71. The van der Waals surface area contributed by atoms with Crippen LogP contribution in [0.5, 0.6) is 0 Å². The molecule has 1 rings (SSSR count). The van der Waals surface area contributed by atoms with Gasteiger partial charge in [0.1, 0.15) is 0 Å². The highest BCUT2D eigenvalue weighted by molar-refractivity contribution is 14.1. The van der Waals surface area contributed by atoms with Crippen LogP contribution in [0.2, 0.25) is 0 Å². The van der Waals surface area contributed by atoms with Crippen LogP contribution in [-0.2, 0) is 11.2 Å². The maximum Gasteiger partial charge on any atom is 0.337 e. The Balaban J connectivity index is 2.91. The number of nitrogens with zero attached hydrogens (tertiary/aromatic N) is 1. The third-order valence-corrected chi connectivity index (χ3v) is 3.14. The minimum absolute atomic E-state index is 0.359. The van der Waals surface area contributed by atoms with Gasteiger partial charge in [-0.2, -0.15) is 5.26 Å². The van der Waals surface area contributed by atoms with Crippen molar-refractivity contribution < 1.29 is 15.0 Å². The van der Waals surface area contributed by atoms with E-state index in [0.29, 0.717) is 18.4 Å². The van der Waals surface area contributed by atoms with E-state index in [1.54, 1.807) is 18.2 Å². The van der Waals surface area contributed by atoms with Crippen LogP contribution in [0.3, 0.4) is 0 Å². The Morgan fingerprint density at radius 2 is 2.25 bits per heavy atom. The minimum atomic E-state index is -1.49. The van der Waals surface area contributed by atoms with Gasteiger partial charge in [-0.25, -0.2) is 4.79 Å². The summed E-state index contributed by atoms with van der Waals surface area (Å²) in [7, 11) is 0. The first kappa shape index (κ1) is 12.9. The summed E-state index contributed by atoms with van der Waals surface area (Å²) >= 11 is 2.07. The average Bonchev–Trinajstić information content (AvgIpc) is 2.26. The van der Waals surface area contributed by atoms with Crippen LogP contribution in [0.4, 0.5) is 0 Å². The Hall–Kier alpha value is -1.13. The molecule has 0 aromatic heterocycles. The summed E-state index contributed by atoms with van der Waals surface area (Å²) in [4.78, 5) is 10.6. The quantitative estimate of drug-likeness (QED) is 0.826. The molecule has 1 atom stereocenters. The van der Waals surface area contributed by atoms with Crippen LogP contribution in [0.25, 0.3) is 0 Å². The molecule has 2 N–H and O–H groups in total. The fourth-order valence-electron chi connectivity index (χ4n) is 1.27. The molecule has 0 aliphatic rings. The lowest BCUT2D eigenvalue weighted by Crippen LogP contribution is -2.10. The highest BCUT2D eigenvalue weighted by Crippen LogP contribution is 2.20. The van der Waals surface area contributed by atoms with Crippen LogP contribution in [0.15, 0.2) is 18.2 Å². The van der Waals surface area contributed by atoms with Gasteiger partial charge in [0, 0.05) is 9.99 Å². The lowest BCUT2D eigenvalue weighted by atomic mass is 10.0. The highest BCUT2D eigenvalue weighted by atomic mass is 127. The van der Waals surface area contributed by atoms with E-state index in [9.17, 15) is 9.90 Å². The molecule has 5 heteroatoms. The zero-order chi connectivity index (χ0) is 12.1. The van der Waals surface area contributed by atoms with Gasteiger partial charge in [-0.3, -0.25) is 0 Å². The number of aliphatic hydroxyl groups is 1. The second kappa shape index (κ2) is 5.82. The molecule has 0 radical (unpaired) electrons. The lowest BCUT2D eigenvalue weighted by Gasteiger charge is -2.08. The molecule has 1 unspecified atom stereocenters. The number of hydrogen-bond acceptors (Lipinski definition) is 3. The molecule has 0 fully saturated rings. The van der Waals surface area contributed by atoms with E-state index < -0.39 is 12.1 Å². The zero-order valence-electron chi connectivity index (χ0n) is 8.35. The number of nitriles is 1. The number of carboxylic acids is 1. The van der Waals surface area contributed by atoms with Crippen molar-refractivity contribution in [3.05, 3.63) is 32.9 Å². The van der Waals surface area contributed by atoms with E-state index in [2.05, 4.69) is 28.7 Å². The van der Waals surface area contributed by atoms with Crippen LogP contribution in [0.1, 0.15) is 23.7 Å². The van der Waals surface area contributed by atoms with Crippen LogP contribution in [0, 0.1) is 14.9 Å². The van der Waals surface area contributed by atoms with E-state index in [1.807, 2.05) is 0 Å². The largest absolute Gasteiger partial charge is 0.479 e. The van der Waals surface area contributed by atoms with Crippen molar-refractivity contribution >= 4 is 28.6 Å². The Morgan fingerprint density at radius 1 is 1.56 bits per heavy atom. The van der Waals surface area contributed by atoms with E-state index in [-0.39, 0.29) is 0 Å². The highest BCUT2D eigenvalue weighted by Gasteiger charge is 2.16. The van der Waals surface area contributed by atoms with Crippen LogP contribution in [-0.4, -0.2) is 16.2 Å². The second-order valence-electron chi connectivity index (χ2n) is 3.25. The van der Waals surface area contributed by atoms with Crippen molar-refractivity contribution in [2.75, 3.05) is 0 Å². The molecule has 0 bridgehead atoms. The summed E-state index contributed by atoms with van der Waals surface area (Å²) in [5.74, 6) is -1.26. The normalized spacial score (nSPS) is 11.8. The average molecular weight is 331 g/mol. The topological polar surface area (TPSA) is 81.3 Å². The van der Waals surface area contributed by atoms with Gasteiger partial charge >= 0.3 is 5.97 Å². The first-order valence-electron chi connectivity index (χ1n) is 4.62. The van der Waals surface area contributed by atoms with Gasteiger partial charge in [-0.1, -0.05) is 12.1 Å². The number of halogens is 1. The Morgan fingerprint density at radius 3 is 2.75 bits per heavy atom. The second-order valence-corrected chi connectivity index (χ2v) is 4.41. The smallest absolute Gasteiger partial charge is 0.337 e. The van der Waals surface area contributed by atoms with E-state index >= 15 is 0 Å². The molecule has 0 amide bonds. The molecule has 0 aliphatic heterocycles. The number of carboxylic acid groups (broad SMARTS) is 1. The first-order chi connectivity index (χ1) is 7.56. The van der Waals surface area contributed by atoms with Gasteiger partial charge in [-0.15, -0.1) is 0 Å². The molecule has 0 aliphatic carbocycles. The Bertz CT molecular complexity index is 439. The number of aliphatic hydroxyl groups excluding tert-OH is 1. The number of hydrogen-bond donors (Lipinski definition) is 2. The predicted octanol–water partition coefficient (Wildman–Crippen LogP) is 1.87. The molecule has 4 nitrogen and oxygen atoms in total. The molecular weight excluding hydrogens is 321 g/mol. The maximum absolute atomic E-state index is 10.6. The lowest BCUT2D eigenvalue weighted by molar-refractivity contribution is -0.146. The third-order valence-electron chi connectivity index (χ3n) is 2.13. The molecule has 0 saturated heterocycles. The summed E-state index contributed by atoms with van der Waals surface area (Å²) in [5.41, 5.74) is 1.35. The van der Waals surface area contributed by atoms with Crippen LogP contribution >= 0.6 is 22.6 Å². The van der Waals surface area contributed by atoms with Crippen molar-refractivity contribution in [3.8, 4) is 6.07 Å². The fraction of sp³-hybridized carbons (Fsp3) is 0.273. The van der Waals surface area contributed by atoms with Gasteiger partial charge in [0.05, 0.1) is 6.07 Å². The first-order valence-corrected chi connectivity index (χ1v) is 5.70. The fourth-order valence-corrected chi connectivity index (χ4v) is 2.08. The molecular formula is C11H10INO3. The number of rotatable bonds is 4. The number of aryl methyl sites for hydroxylation is 1. The summed E-state index contributed by atoms with van der Waals surface area (Å²) in [6.45, 7) is 0. The van der Waals surface area contributed by atoms with E-state index in [0.717, 1.165) is 9.13 Å². The molecule has 1 aromatic carbocycles. The van der Waals surface area contributed by atoms with E-state index in [4.69, 9.17) is 10.4 Å². The van der Waals surface area contributed by atoms with Crippen LogP contribution < -0.4 is 0 Å². The molecule has 0 saturated carbocycles. The molecule has 84 valence electrons. The van der Waals surface area contributed by atoms with Crippen molar-refractivity contribution in [2.45, 2.75) is 18.9 Å². The molecule has 0 spiro atoms. The molecule has 1 aromatic rings. The molecule has 0 heterocycles. The zero-order valence-corrected chi connectivity index (χ0v) is 10.5. The third kappa shape index (κ3) is 3.18. The van der Waals surface area contributed by atoms with E-state index in [1.165, 1.54) is 0 Å². The monoisotopic (exact) mass is 331 g/mol. The number of benzene rings is 1. The van der Waals surface area contributed by atoms with Gasteiger partial charge in [0.15, 0.2) is 6.10 Å². The number of carbonyl (C=O) groups is 1. The molecule has 16 heavy (non-hydrogen) atoms. The van der Waals surface area contributed by atoms with Crippen molar-refractivity contribution in [1.82, 2.24) is 0 Å². The summed E-state index contributed by atoms with van der Waals surface area (Å²) in [6.07, 6.45) is -0.423. The van der Waals surface area contributed by atoms with Gasteiger partial charge < -0.3 is 10.2 Å². The van der Waals surface area contributed by atoms with Crippen molar-refractivity contribution in [2.24, 2.45) is 0 Å². The van der Waals surface area contributed by atoms with Gasteiger partial charge in [0.2, 0.25) is 0 Å². The number of aliphatic carboxylic acids is 1. The summed E-state index contributed by atoms with van der Waals surface area (Å²) in [6, 6.07) is 7.01. The summed E-state index contributed by atoms with van der Waals surface area (Å²) in [5, 5.41) is 26.4. The van der Waals surface area contributed by atoms with Crippen molar-refractivity contribution in [1.29, 1.82) is 5.26 Å². The minimum Gasteiger partial charge on any atom is -0.479 e. The maximum atomic E-state index is 10.6. The van der Waals surface area contributed by atoms with Crippen molar-refractivity contribution in [3.63, 3.8) is 0 Å². The predicted molar refractivity (Wildman–Crippen MR) is 65.7 cm³/mol. The standard InChI is InChI=1S/C11H10INO3/c12-9-6-8(10(14)11(15)16)4-3-7(9)2-1-5-13/h3-4,6,10,14H,1-2H2,(H,15,16). The Labute approximate surface area is 107 Å². The SMILES string of the molecule is N#CCCc1ccc(C(O)C(=O)O)cc1I.